The number of carbonyl (C=O) groups is 2. The van der Waals surface area contributed by atoms with E-state index < -0.39 is 11.9 Å². The van der Waals surface area contributed by atoms with Gasteiger partial charge in [0.1, 0.15) is 17.3 Å². The van der Waals surface area contributed by atoms with Crippen LogP contribution >= 0.6 is 11.3 Å². The maximum absolute atomic E-state index is 12.5. The lowest BCUT2D eigenvalue weighted by atomic mass is 10.1. The molecule has 0 bridgehead atoms. The molecule has 2 heterocycles. The molecule has 7 heteroatoms. The molecular formula is C20H20N2O4S. The quantitative estimate of drug-likeness (QED) is 0.641. The zero-order chi connectivity index (χ0) is 19.4. The van der Waals surface area contributed by atoms with Gasteiger partial charge < -0.3 is 14.5 Å². The van der Waals surface area contributed by atoms with Crippen LogP contribution in [-0.2, 0) is 16.1 Å². The molecular weight excluding hydrogens is 364 g/mol. The summed E-state index contributed by atoms with van der Waals surface area (Å²) in [5.74, 6) is -0.977. The van der Waals surface area contributed by atoms with Crippen LogP contribution in [0.1, 0.15) is 44.7 Å². The standard InChI is InChI=1S/C20H20N2O4S/c1-4-25-20(24)17-12(2)16(13(3)21-17)19(23)26-10-15-11-27-18(22-15)14-8-6-5-7-9-14/h5-9,11,21H,4,10H2,1-3H3. The summed E-state index contributed by atoms with van der Waals surface area (Å²) in [4.78, 5) is 31.9. The molecule has 2 aromatic heterocycles. The highest BCUT2D eigenvalue weighted by molar-refractivity contribution is 7.13. The Kier molecular flexibility index (Phi) is 5.71. The van der Waals surface area contributed by atoms with Crippen LogP contribution < -0.4 is 0 Å². The number of nitrogens with zero attached hydrogens (tertiary/aromatic N) is 1. The van der Waals surface area contributed by atoms with Gasteiger partial charge in [-0.3, -0.25) is 0 Å². The predicted molar refractivity (Wildman–Crippen MR) is 103 cm³/mol. The molecule has 0 spiro atoms. The number of hydrogen-bond acceptors (Lipinski definition) is 6. The largest absolute Gasteiger partial charge is 0.461 e. The third-order valence-electron chi connectivity index (χ3n) is 4.04. The summed E-state index contributed by atoms with van der Waals surface area (Å²) < 4.78 is 10.4. The van der Waals surface area contributed by atoms with E-state index in [1.165, 1.54) is 11.3 Å². The molecule has 3 rings (SSSR count). The van der Waals surface area contributed by atoms with Crippen molar-refractivity contribution >= 4 is 23.3 Å². The molecule has 0 atom stereocenters. The number of aromatic nitrogens is 2. The molecule has 1 aromatic carbocycles. The fraction of sp³-hybridized carbons (Fsp3) is 0.250. The van der Waals surface area contributed by atoms with Crippen molar-refractivity contribution in [2.75, 3.05) is 6.61 Å². The number of esters is 2. The lowest BCUT2D eigenvalue weighted by Crippen LogP contribution is -2.09. The highest BCUT2D eigenvalue weighted by atomic mass is 32.1. The molecule has 0 aliphatic heterocycles. The monoisotopic (exact) mass is 384 g/mol. The second-order valence-corrected chi connectivity index (χ2v) is 6.79. The Morgan fingerprint density at radius 2 is 1.85 bits per heavy atom. The average Bonchev–Trinajstić information content (AvgIpc) is 3.25. The van der Waals surface area contributed by atoms with Gasteiger partial charge in [-0.15, -0.1) is 11.3 Å². The van der Waals surface area contributed by atoms with Crippen LogP contribution in [0, 0.1) is 13.8 Å². The Bertz CT molecular complexity index is 960. The van der Waals surface area contributed by atoms with E-state index in [1.54, 1.807) is 20.8 Å². The number of carbonyl (C=O) groups excluding carboxylic acids is 2. The number of benzene rings is 1. The van der Waals surface area contributed by atoms with Gasteiger partial charge in [0.25, 0.3) is 0 Å². The van der Waals surface area contributed by atoms with Crippen LogP contribution in [0.25, 0.3) is 10.6 Å². The van der Waals surface area contributed by atoms with Gasteiger partial charge in [0, 0.05) is 16.6 Å². The maximum Gasteiger partial charge on any atom is 0.355 e. The summed E-state index contributed by atoms with van der Waals surface area (Å²) in [5.41, 5.74) is 3.45. The first kappa shape index (κ1) is 18.8. The number of nitrogens with one attached hydrogen (secondary N) is 1. The SMILES string of the molecule is CCOC(=O)c1[nH]c(C)c(C(=O)OCc2csc(-c3ccccc3)n2)c1C. The minimum absolute atomic E-state index is 0.0704. The lowest BCUT2D eigenvalue weighted by molar-refractivity contribution is 0.0467. The highest BCUT2D eigenvalue weighted by Gasteiger charge is 2.24. The van der Waals surface area contributed by atoms with Crippen LogP contribution in [0.2, 0.25) is 0 Å². The van der Waals surface area contributed by atoms with Crippen LogP contribution in [0.5, 0.6) is 0 Å². The summed E-state index contributed by atoms with van der Waals surface area (Å²) in [6, 6.07) is 9.83. The molecule has 0 radical (unpaired) electrons. The molecule has 0 saturated heterocycles. The Morgan fingerprint density at radius 1 is 1.11 bits per heavy atom. The number of aryl methyl sites for hydroxylation is 1. The molecule has 0 amide bonds. The van der Waals surface area contributed by atoms with Crippen molar-refractivity contribution in [2.24, 2.45) is 0 Å². The highest BCUT2D eigenvalue weighted by Crippen LogP contribution is 2.24. The summed E-state index contributed by atoms with van der Waals surface area (Å²) in [6.07, 6.45) is 0. The van der Waals surface area contributed by atoms with Crippen LogP contribution in [0.4, 0.5) is 0 Å². The van der Waals surface area contributed by atoms with Crippen LogP contribution in [0.15, 0.2) is 35.7 Å². The van der Waals surface area contributed by atoms with E-state index in [0.29, 0.717) is 22.5 Å². The molecule has 27 heavy (non-hydrogen) atoms. The first-order valence-electron chi connectivity index (χ1n) is 8.54. The molecule has 0 unspecified atom stereocenters. The molecule has 6 nitrogen and oxygen atoms in total. The normalized spacial score (nSPS) is 10.6. The van der Waals surface area contributed by atoms with E-state index in [1.807, 2.05) is 35.7 Å². The topological polar surface area (TPSA) is 81.3 Å². The van der Waals surface area contributed by atoms with E-state index in [9.17, 15) is 9.59 Å². The van der Waals surface area contributed by atoms with Gasteiger partial charge in [-0.1, -0.05) is 30.3 Å². The van der Waals surface area contributed by atoms with Crippen molar-refractivity contribution < 1.29 is 19.1 Å². The second-order valence-electron chi connectivity index (χ2n) is 5.93. The number of hydrogen-bond donors (Lipinski definition) is 1. The summed E-state index contributed by atoms with van der Waals surface area (Å²) in [7, 11) is 0. The van der Waals surface area contributed by atoms with Crippen molar-refractivity contribution in [1.29, 1.82) is 0 Å². The van der Waals surface area contributed by atoms with Gasteiger partial charge in [0.15, 0.2) is 0 Å². The van der Waals surface area contributed by atoms with E-state index in [4.69, 9.17) is 9.47 Å². The van der Waals surface area contributed by atoms with Gasteiger partial charge in [0.05, 0.1) is 17.9 Å². The Balaban J connectivity index is 1.70. The van der Waals surface area contributed by atoms with Gasteiger partial charge in [-0.2, -0.15) is 0 Å². The van der Waals surface area contributed by atoms with Gasteiger partial charge in [-0.05, 0) is 26.3 Å². The van der Waals surface area contributed by atoms with E-state index in [2.05, 4.69) is 9.97 Å². The Labute approximate surface area is 161 Å². The first-order chi connectivity index (χ1) is 13.0. The molecule has 3 aromatic rings. The van der Waals surface area contributed by atoms with Crippen molar-refractivity contribution in [3.63, 3.8) is 0 Å². The van der Waals surface area contributed by atoms with E-state index in [0.717, 1.165) is 10.6 Å². The lowest BCUT2D eigenvalue weighted by Gasteiger charge is -2.04. The molecule has 1 N–H and O–H groups in total. The minimum Gasteiger partial charge on any atom is -0.461 e. The summed E-state index contributed by atoms with van der Waals surface area (Å²) in [5, 5.41) is 2.75. The zero-order valence-corrected chi connectivity index (χ0v) is 16.2. The van der Waals surface area contributed by atoms with Gasteiger partial charge in [-0.25, -0.2) is 14.6 Å². The molecule has 140 valence electrons. The van der Waals surface area contributed by atoms with Gasteiger partial charge in [0.2, 0.25) is 0 Å². The molecule has 0 saturated carbocycles. The number of rotatable bonds is 6. The second kappa shape index (κ2) is 8.18. The third kappa shape index (κ3) is 4.09. The Morgan fingerprint density at radius 3 is 2.56 bits per heavy atom. The average molecular weight is 384 g/mol. The number of thiazole rings is 1. The maximum atomic E-state index is 12.5. The van der Waals surface area contributed by atoms with Gasteiger partial charge >= 0.3 is 11.9 Å². The van der Waals surface area contributed by atoms with Crippen LogP contribution in [-0.4, -0.2) is 28.5 Å². The van der Waals surface area contributed by atoms with Crippen LogP contribution in [0.3, 0.4) is 0 Å². The number of ether oxygens (including phenoxy) is 2. The van der Waals surface area contributed by atoms with Crippen molar-refractivity contribution in [3.05, 3.63) is 63.9 Å². The third-order valence-corrected chi connectivity index (χ3v) is 4.98. The summed E-state index contributed by atoms with van der Waals surface area (Å²) in [6.45, 7) is 5.49. The fourth-order valence-corrected chi connectivity index (χ4v) is 3.57. The van der Waals surface area contributed by atoms with E-state index in [-0.39, 0.29) is 18.9 Å². The number of aromatic amines is 1. The fourth-order valence-electron chi connectivity index (χ4n) is 2.76. The Hall–Kier alpha value is -2.93. The molecule has 0 fully saturated rings. The smallest absolute Gasteiger partial charge is 0.355 e. The van der Waals surface area contributed by atoms with Crippen molar-refractivity contribution in [1.82, 2.24) is 9.97 Å². The zero-order valence-electron chi connectivity index (χ0n) is 15.4. The molecule has 0 aliphatic carbocycles. The predicted octanol–water partition coefficient (Wildman–Crippen LogP) is 4.29. The van der Waals surface area contributed by atoms with Crippen molar-refractivity contribution in [2.45, 2.75) is 27.4 Å². The van der Waals surface area contributed by atoms with E-state index >= 15 is 0 Å². The minimum atomic E-state index is -0.494. The number of H-pyrrole nitrogens is 1. The summed E-state index contributed by atoms with van der Waals surface area (Å²) >= 11 is 1.50. The molecule has 0 aliphatic rings. The first-order valence-corrected chi connectivity index (χ1v) is 9.42. The van der Waals surface area contributed by atoms with Crippen molar-refractivity contribution in [3.8, 4) is 10.6 Å².